The molecule has 13 nitrogen and oxygen atoms in total. The van der Waals surface area contributed by atoms with E-state index >= 15 is 0 Å². The van der Waals surface area contributed by atoms with E-state index in [0.717, 1.165) is 10.9 Å². The van der Waals surface area contributed by atoms with Crippen LogP contribution < -0.4 is 21.7 Å². The quantitative estimate of drug-likeness (QED) is 0.135. The maximum Gasteiger partial charge on any atom is 0.326 e. The zero-order chi connectivity index (χ0) is 30.1. The van der Waals surface area contributed by atoms with E-state index in [9.17, 15) is 34.2 Å². The highest BCUT2D eigenvalue weighted by atomic mass is 16.4. The first-order valence-corrected chi connectivity index (χ1v) is 12.9. The number of nitrogens with one attached hydrogen (secondary N) is 4. The van der Waals surface area contributed by atoms with Crippen LogP contribution in [0.15, 0.2) is 54.7 Å². The predicted molar refractivity (Wildman–Crippen MR) is 148 cm³/mol. The summed E-state index contributed by atoms with van der Waals surface area (Å²) in [4.78, 5) is 64.5. The van der Waals surface area contributed by atoms with Gasteiger partial charge in [-0.3, -0.25) is 19.2 Å². The van der Waals surface area contributed by atoms with Gasteiger partial charge in [0.15, 0.2) is 0 Å². The maximum absolute atomic E-state index is 13.3. The Hall–Kier alpha value is -4.91. The zero-order valence-corrected chi connectivity index (χ0v) is 22.3. The van der Waals surface area contributed by atoms with E-state index < -0.39 is 53.8 Å². The maximum atomic E-state index is 13.3. The van der Waals surface area contributed by atoms with Crippen LogP contribution in [-0.2, 0) is 36.8 Å². The highest BCUT2D eigenvalue weighted by Gasteiger charge is 2.29. The number of hydrogen-bond acceptors (Lipinski definition) is 7. The Balaban J connectivity index is 1.73. The van der Waals surface area contributed by atoms with Gasteiger partial charge in [-0.25, -0.2) is 4.79 Å². The molecule has 0 saturated heterocycles. The van der Waals surface area contributed by atoms with Crippen molar-refractivity contribution in [2.45, 2.75) is 56.8 Å². The van der Waals surface area contributed by atoms with Crippen molar-refractivity contribution in [1.29, 1.82) is 0 Å². The summed E-state index contributed by atoms with van der Waals surface area (Å²) in [6.45, 7) is 1.36. The largest absolute Gasteiger partial charge is 0.508 e. The minimum absolute atomic E-state index is 0.000899. The lowest BCUT2D eigenvalue weighted by molar-refractivity contribution is -0.142. The molecule has 0 fully saturated rings. The fourth-order valence-corrected chi connectivity index (χ4v) is 4.16. The average molecular weight is 568 g/mol. The minimum Gasteiger partial charge on any atom is -0.508 e. The Morgan fingerprint density at radius 1 is 0.854 bits per heavy atom. The number of aliphatic carboxylic acids is 2. The van der Waals surface area contributed by atoms with Crippen molar-refractivity contribution in [2.75, 3.05) is 0 Å². The Labute approximate surface area is 235 Å². The number of carboxylic acid groups (broad SMARTS) is 2. The number of carbonyl (C=O) groups is 5. The number of phenols is 1. The topological polar surface area (TPSA) is 224 Å². The first-order valence-electron chi connectivity index (χ1n) is 12.9. The molecule has 0 aliphatic heterocycles. The van der Waals surface area contributed by atoms with Gasteiger partial charge in [0.1, 0.15) is 23.9 Å². The Morgan fingerprint density at radius 3 is 2.17 bits per heavy atom. The van der Waals surface area contributed by atoms with Crippen LogP contribution >= 0.6 is 0 Å². The van der Waals surface area contributed by atoms with Crippen molar-refractivity contribution in [3.05, 3.63) is 65.9 Å². The van der Waals surface area contributed by atoms with Crippen LogP contribution in [0, 0.1) is 0 Å². The standard InChI is InChI=1S/C28H33N5O8/c1-15(31-26(38)20(29)10-11-24(35)36)25(37)32-22(12-16-6-8-18(34)9-7-16)27(39)33-23(28(40)41)13-17-14-30-21-5-3-2-4-19(17)21/h2-9,14-15,20,22-23,30,34H,10-13,29H2,1H3,(H,31,38)(H,32,37)(H,33,39)(H,35,36)(H,40,41). The van der Waals surface area contributed by atoms with Crippen molar-refractivity contribution in [3.8, 4) is 5.75 Å². The fourth-order valence-electron chi connectivity index (χ4n) is 4.16. The van der Waals surface area contributed by atoms with Crippen molar-refractivity contribution in [2.24, 2.45) is 5.73 Å². The molecule has 41 heavy (non-hydrogen) atoms. The van der Waals surface area contributed by atoms with Gasteiger partial charge in [0.05, 0.1) is 6.04 Å². The number of H-pyrrole nitrogens is 1. The molecule has 4 unspecified atom stereocenters. The summed E-state index contributed by atoms with van der Waals surface area (Å²) in [6.07, 6.45) is 1.15. The Morgan fingerprint density at radius 2 is 1.51 bits per heavy atom. The molecular formula is C28H33N5O8. The van der Waals surface area contributed by atoms with E-state index in [0.29, 0.717) is 11.1 Å². The number of amides is 3. The fraction of sp³-hybridized carbons (Fsp3) is 0.321. The monoisotopic (exact) mass is 567 g/mol. The van der Waals surface area contributed by atoms with E-state index in [4.69, 9.17) is 10.8 Å². The summed E-state index contributed by atoms with van der Waals surface area (Å²) in [5, 5.41) is 36.5. The summed E-state index contributed by atoms with van der Waals surface area (Å²) < 4.78 is 0. The van der Waals surface area contributed by atoms with Gasteiger partial charge in [-0.2, -0.15) is 0 Å². The third-order valence-corrected chi connectivity index (χ3v) is 6.48. The van der Waals surface area contributed by atoms with Gasteiger partial charge in [-0.15, -0.1) is 0 Å². The SMILES string of the molecule is CC(NC(=O)C(N)CCC(=O)O)C(=O)NC(Cc1ccc(O)cc1)C(=O)NC(Cc1c[nH]c2ccccc12)C(=O)O. The number of carboxylic acids is 2. The van der Waals surface area contributed by atoms with Gasteiger partial charge in [0.2, 0.25) is 17.7 Å². The number of para-hydroxylation sites is 1. The molecule has 1 heterocycles. The van der Waals surface area contributed by atoms with Crippen LogP contribution in [0.3, 0.4) is 0 Å². The number of aromatic nitrogens is 1. The number of aromatic amines is 1. The summed E-state index contributed by atoms with van der Waals surface area (Å²) >= 11 is 0. The molecule has 0 aliphatic rings. The van der Waals surface area contributed by atoms with E-state index in [1.165, 1.54) is 19.1 Å². The van der Waals surface area contributed by atoms with Crippen LogP contribution in [0.5, 0.6) is 5.75 Å². The molecule has 3 rings (SSSR count). The van der Waals surface area contributed by atoms with Gasteiger partial charge < -0.3 is 42.0 Å². The second kappa shape index (κ2) is 13.9. The van der Waals surface area contributed by atoms with Gasteiger partial charge in [-0.1, -0.05) is 30.3 Å². The number of rotatable bonds is 14. The smallest absolute Gasteiger partial charge is 0.326 e. The van der Waals surface area contributed by atoms with E-state index in [1.807, 2.05) is 24.3 Å². The number of phenolic OH excluding ortho intramolecular Hbond substituents is 1. The lowest BCUT2D eigenvalue weighted by Crippen LogP contribution is -2.57. The zero-order valence-electron chi connectivity index (χ0n) is 22.3. The van der Waals surface area contributed by atoms with Gasteiger partial charge in [0, 0.05) is 36.4 Å². The highest BCUT2D eigenvalue weighted by Crippen LogP contribution is 2.19. The Kier molecular flexibility index (Phi) is 10.4. The molecule has 3 aromatic rings. The van der Waals surface area contributed by atoms with Crippen LogP contribution in [0.4, 0.5) is 0 Å². The number of fused-ring (bicyclic) bond motifs is 1. The summed E-state index contributed by atoms with van der Waals surface area (Å²) in [5.74, 6) is -4.64. The third kappa shape index (κ3) is 8.80. The van der Waals surface area contributed by atoms with Crippen molar-refractivity contribution in [3.63, 3.8) is 0 Å². The third-order valence-electron chi connectivity index (χ3n) is 6.48. The first-order chi connectivity index (χ1) is 19.4. The molecule has 0 spiro atoms. The van der Waals surface area contributed by atoms with Gasteiger partial charge in [-0.05, 0) is 42.7 Å². The number of hydrogen-bond donors (Lipinski definition) is 8. The molecule has 2 aromatic carbocycles. The van der Waals surface area contributed by atoms with E-state index in [-0.39, 0.29) is 31.4 Å². The van der Waals surface area contributed by atoms with Crippen molar-refractivity contribution >= 4 is 40.6 Å². The molecule has 3 amide bonds. The van der Waals surface area contributed by atoms with Crippen LogP contribution in [0.25, 0.3) is 10.9 Å². The normalized spacial score (nSPS) is 13.9. The van der Waals surface area contributed by atoms with E-state index in [1.54, 1.807) is 18.3 Å². The molecule has 9 N–H and O–H groups in total. The van der Waals surface area contributed by atoms with Crippen molar-refractivity contribution < 1.29 is 39.3 Å². The molecule has 0 saturated carbocycles. The molecule has 13 heteroatoms. The molecule has 4 atom stereocenters. The van der Waals surface area contributed by atoms with Crippen molar-refractivity contribution in [1.82, 2.24) is 20.9 Å². The molecule has 0 radical (unpaired) electrons. The van der Waals surface area contributed by atoms with Crippen LogP contribution in [0.1, 0.15) is 30.9 Å². The number of aromatic hydroxyl groups is 1. The summed E-state index contributed by atoms with van der Waals surface area (Å²) in [7, 11) is 0. The summed E-state index contributed by atoms with van der Waals surface area (Å²) in [6, 6.07) is 8.39. The number of nitrogens with two attached hydrogens (primary N) is 1. The molecule has 218 valence electrons. The highest BCUT2D eigenvalue weighted by molar-refractivity contribution is 5.94. The lowest BCUT2D eigenvalue weighted by atomic mass is 10.0. The molecule has 0 bridgehead atoms. The average Bonchev–Trinajstić information content (AvgIpc) is 3.34. The van der Waals surface area contributed by atoms with Crippen LogP contribution in [0.2, 0.25) is 0 Å². The Bertz CT molecular complexity index is 1400. The summed E-state index contributed by atoms with van der Waals surface area (Å²) in [5.41, 5.74) is 7.77. The lowest BCUT2D eigenvalue weighted by Gasteiger charge is -2.24. The number of benzene rings is 2. The molecular weight excluding hydrogens is 534 g/mol. The second-order valence-corrected chi connectivity index (χ2v) is 9.66. The van der Waals surface area contributed by atoms with Gasteiger partial charge >= 0.3 is 11.9 Å². The van der Waals surface area contributed by atoms with E-state index in [2.05, 4.69) is 20.9 Å². The second-order valence-electron chi connectivity index (χ2n) is 9.66. The molecule has 0 aliphatic carbocycles. The number of carbonyl (C=O) groups excluding carboxylic acids is 3. The predicted octanol–water partition coefficient (Wildman–Crippen LogP) is 0.410. The first kappa shape index (κ1) is 30.6. The minimum atomic E-state index is -1.31. The molecule has 1 aromatic heterocycles. The van der Waals surface area contributed by atoms with Gasteiger partial charge in [0.25, 0.3) is 0 Å². The van der Waals surface area contributed by atoms with Crippen LogP contribution in [-0.4, -0.2) is 74.1 Å².